The van der Waals surface area contributed by atoms with Crippen LogP contribution in [0, 0.1) is 5.92 Å². The Hall–Kier alpha value is -1.47. The highest BCUT2D eigenvalue weighted by Gasteiger charge is 2.38. The van der Waals surface area contributed by atoms with Crippen LogP contribution in [0.2, 0.25) is 0 Å². The van der Waals surface area contributed by atoms with Crippen molar-refractivity contribution in [3.05, 3.63) is 11.9 Å². The van der Waals surface area contributed by atoms with Crippen LogP contribution in [0.1, 0.15) is 51.1 Å². The highest BCUT2D eigenvalue weighted by Crippen LogP contribution is 2.30. The van der Waals surface area contributed by atoms with E-state index in [0.717, 1.165) is 25.2 Å². The van der Waals surface area contributed by atoms with Gasteiger partial charge in [-0.25, -0.2) is 0 Å². The van der Waals surface area contributed by atoms with Gasteiger partial charge in [0.15, 0.2) is 0 Å². The second-order valence-corrected chi connectivity index (χ2v) is 7.00. The van der Waals surface area contributed by atoms with E-state index in [1.54, 1.807) is 4.90 Å². The van der Waals surface area contributed by atoms with E-state index in [9.17, 15) is 9.90 Å². The van der Waals surface area contributed by atoms with E-state index in [1.807, 2.05) is 0 Å². The molecule has 7 nitrogen and oxygen atoms in total. The van der Waals surface area contributed by atoms with Gasteiger partial charge in [0.05, 0.1) is 18.8 Å². The molecule has 1 saturated carbocycles. The predicted octanol–water partition coefficient (Wildman–Crippen LogP) is 1.21. The molecule has 0 unspecified atom stereocenters. The topological polar surface area (TPSA) is 91.3 Å². The van der Waals surface area contributed by atoms with Gasteiger partial charge in [-0.05, 0) is 44.4 Å². The Morgan fingerprint density at radius 3 is 2.96 bits per heavy atom. The molecule has 1 saturated heterocycles. The van der Waals surface area contributed by atoms with Crippen LogP contribution in [-0.4, -0.2) is 57.1 Å². The van der Waals surface area contributed by atoms with E-state index >= 15 is 0 Å². The number of aliphatic hydroxyl groups is 1. The molecule has 0 aromatic carbocycles. The SMILES string of the molecule is CC1CCC(OCC(=O)N2CCC[C@](O)(c3cn[nH]n3)C2)CC1. The average molecular weight is 322 g/mol. The minimum Gasteiger partial charge on any atom is -0.382 e. The third-order valence-corrected chi connectivity index (χ3v) is 5.12. The number of nitrogens with zero attached hydrogens (tertiary/aromatic N) is 3. The number of nitrogens with one attached hydrogen (secondary N) is 1. The molecule has 1 aliphatic carbocycles. The minimum absolute atomic E-state index is 0.0507. The number of hydrogen-bond acceptors (Lipinski definition) is 5. The van der Waals surface area contributed by atoms with Crippen molar-refractivity contribution in [3.63, 3.8) is 0 Å². The molecule has 1 atom stereocenters. The molecule has 0 spiro atoms. The lowest BCUT2D eigenvalue weighted by Gasteiger charge is -2.38. The number of β-amino-alcohol motifs (C(OH)–C–C–N with tert-alkyl or cyclic N) is 1. The number of carbonyl (C=O) groups is 1. The lowest BCUT2D eigenvalue weighted by Crippen LogP contribution is -2.50. The van der Waals surface area contributed by atoms with Crippen molar-refractivity contribution in [2.45, 2.75) is 57.2 Å². The van der Waals surface area contributed by atoms with E-state index in [4.69, 9.17) is 4.74 Å². The highest BCUT2D eigenvalue weighted by molar-refractivity contribution is 5.77. The lowest BCUT2D eigenvalue weighted by atomic mass is 9.89. The number of amides is 1. The number of rotatable bonds is 4. The van der Waals surface area contributed by atoms with Crippen molar-refractivity contribution < 1.29 is 14.6 Å². The number of hydrogen-bond donors (Lipinski definition) is 2. The Balaban J connectivity index is 1.51. The van der Waals surface area contributed by atoms with Crippen LogP contribution in [0.25, 0.3) is 0 Å². The quantitative estimate of drug-likeness (QED) is 0.869. The van der Waals surface area contributed by atoms with Gasteiger partial charge in [0.1, 0.15) is 17.9 Å². The van der Waals surface area contributed by atoms with Crippen LogP contribution in [0.3, 0.4) is 0 Å². The third kappa shape index (κ3) is 3.90. The van der Waals surface area contributed by atoms with E-state index < -0.39 is 5.60 Å². The fourth-order valence-corrected chi connectivity index (χ4v) is 3.56. The van der Waals surface area contributed by atoms with E-state index in [-0.39, 0.29) is 25.2 Å². The second kappa shape index (κ2) is 6.97. The van der Waals surface area contributed by atoms with Gasteiger partial charge in [0.25, 0.3) is 0 Å². The molecule has 2 N–H and O–H groups in total. The van der Waals surface area contributed by atoms with E-state index in [0.29, 0.717) is 18.7 Å². The van der Waals surface area contributed by atoms with Crippen molar-refractivity contribution in [2.24, 2.45) is 5.92 Å². The number of carbonyl (C=O) groups excluding carboxylic acids is 1. The van der Waals surface area contributed by atoms with Crippen molar-refractivity contribution in [3.8, 4) is 0 Å². The van der Waals surface area contributed by atoms with Gasteiger partial charge >= 0.3 is 0 Å². The van der Waals surface area contributed by atoms with Crippen LogP contribution in [0.15, 0.2) is 6.20 Å². The summed E-state index contributed by atoms with van der Waals surface area (Å²) in [4.78, 5) is 14.1. The Morgan fingerprint density at radius 1 is 1.48 bits per heavy atom. The van der Waals surface area contributed by atoms with Crippen LogP contribution < -0.4 is 0 Å². The maximum atomic E-state index is 12.4. The fourth-order valence-electron chi connectivity index (χ4n) is 3.56. The number of H-pyrrole nitrogens is 1. The largest absolute Gasteiger partial charge is 0.382 e. The van der Waals surface area contributed by atoms with Crippen molar-refractivity contribution in [1.29, 1.82) is 0 Å². The summed E-state index contributed by atoms with van der Waals surface area (Å²) in [5.41, 5.74) is -0.613. The van der Waals surface area contributed by atoms with Crippen molar-refractivity contribution in [1.82, 2.24) is 20.3 Å². The first-order chi connectivity index (χ1) is 11.1. The minimum atomic E-state index is -1.11. The van der Waals surface area contributed by atoms with Gasteiger partial charge in [0.2, 0.25) is 5.91 Å². The molecule has 1 aromatic rings. The maximum absolute atomic E-state index is 12.4. The third-order valence-electron chi connectivity index (χ3n) is 5.12. The first-order valence-corrected chi connectivity index (χ1v) is 8.55. The zero-order valence-corrected chi connectivity index (χ0v) is 13.7. The first kappa shape index (κ1) is 16.4. The molecule has 1 amide bonds. The van der Waals surface area contributed by atoms with Gasteiger partial charge < -0.3 is 14.7 Å². The van der Waals surface area contributed by atoms with Crippen LogP contribution in [-0.2, 0) is 15.1 Å². The number of likely N-dealkylation sites (tertiary alicyclic amines) is 1. The molecule has 0 radical (unpaired) electrons. The molecule has 0 bridgehead atoms. The smallest absolute Gasteiger partial charge is 0.248 e. The maximum Gasteiger partial charge on any atom is 0.248 e. The molecule has 3 rings (SSSR count). The molecular formula is C16H26N4O3. The first-order valence-electron chi connectivity index (χ1n) is 8.55. The van der Waals surface area contributed by atoms with E-state index in [2.05, 4.69) is 22.3 Å². The highest BCUT2D eigenvalue weighted by atomic mass is 16.5. The summed E-state index contributed by atoms with van der Waals surface area (Å²) < 4.78 is 5.80. The Labute approximate surface area is 136 Å². The number of aromatic amines is 1. The van der Waals surface area contributed by atoms with Gasteiger partial charge in [-0.2, -0.15) is 15.4 Å². The molecule has 1 aliphatic heterocycles. The second-order valence-electron chi connectivity index (χ2n) is 7.00. The van der Waals surface area contributed by atoms with Crippen molar-refractivity contribution in [2.75, 3.05) is 19.7 Å². The molecular weight excluding hydrogens is 296 g/mol. The molecule has 2 aliphatic rings. The molecule has 1 aromatic heterocycles. The van der Waals surface area contributed by atoms with Crippen LogP contribution in [0.5, 0.6) is 0 Å². The Kier molecular flexibility index (Phi) is 4.96. The standard InChI is InChI=1S/C16H26N4O3/c1-12-3-5-13(6-4-12)23-10-15(21)20-8-2-7-16(22,11-20)14-9-17-19-18-14/h9,12-13,22H,2-8,10-11H2,1H3,(H,17,18,19)/t12?,13?,16-/m1/s1. The molecule has 128 valence electrons. The Bertz CT molecular complexity index is 513. The summed E-state index contributed by atoms with van der Waals surface area (Å²) in [6.07, 6.45) is 7.49. The van der Waals surface area contributed by atoms with Gasteiger partial charge in [0, 0.05) is 6.54 Å². The number of piperidine rings is 1. The van der Waals surface area contributed by atoms with E-state index in [1.165, 1.54) is 19.0 Å². The van der Waals surface area contributed by atoms with Crippen LogP contribution >= 0.6 is 0 Å². The molecule has 23 heavy (non-hydrogen) atoms. The monoisotopic (exact) mass is 322 g/mol. The number of ether oxygens (including phenoxy) is 1. The zero-order valence-electron chi connectivity index (χ0n) is 13.7. The number of aromatic nitrogens is 3. The fraction of sp³-hybridized carbons (Fsp3) is 0.812. The molecule has 2 fully saturated rings. The summed E-state index contributed by atoms with van der Waals surface area (Å²) >= 11 is 0. The van der Waals surface area contributed by atoms with Crippen LogP contribution in [0.4, 0.5) is 0 Å². The lowest BCUT2D eigenvalue weighted by molar-refractivity contribution is -0.146. The summed E-state index contributed by atoms with van der Waals surface area (Å²) in [7, 11) is 0. The van der Waals surface area contributed by atoms with Gasteiger partial charge in [-0.1, -0.05) is 6.92 Å². The Morgan fingerprint density at radius 2 is 2.26 bits per heavy atom. The average Bonchev–Trinajstić information content (AvgIpc) is 3.09. The van der Waals surface area contributed by atoms with Crippen molar-refractivity contribution >= 4 is 5.91 Å². The van der Waals surface area contributed by atoms with Gasteiger partial charge in [-0.3, -0.25) is 4.79 Å². The zero-order chi connectivity index (χ0) is 16.3. The summed E-state index contributed by atoms with van der Waals surface area (Å²) in [5, 5.41) is 21.0. The summed E-state index contributed by atoms with van der Waals surface area (Å²) in [6, 6.07) is 0. The predicted molar refractivity (Wildman–Crippen MR) is 83.5 cm³/mol. The molecule has 7 heteroatoms. The normalized spacial score (nSPS) is 32.0. The summed E-state index contributed by atoms with van der Waals surface area (Å²) in [5.74, 6) is 0.718. The van der Waals surface area contributed by atoms with Gasteiger partial charge in [-0.15, -0.1) is 0 Å². The summed E-state index contributed by atoms with van der Waals surface area (Å²) in [6.45, 7) is 3.28. The molecule has 2 heterocycles.